The molecule has 2 aromatic rings. The number of aromatic nitrogens is 1. The fraction of sp³-hybridized carbons (Fsp3) is 0.316. The molecule has 0 spiro atoms. The average Bonchev–Trinajstić information content (AvgIpc) is 2.69. The van der Waals surface area contributed by atoms with Gasteiger partial charge in [0.1, 0.15) is 5.03 Å². The first-order valence-corrected chi connectivity index (χ1v) is 10.8. The second-order valence-electron chi connectivity index (χ2n) is 5.49. The minimum atomic E-state index is 0.0905. The summed E-state index contributed by atoms with van der Waals surface area (Å²) < 4.78 is 0. The van der Waals surface area contributed by atoms with E-state index in [0.717, 1.165) is 35.9 Å². The van der Waals surface area contributed by atoms with Crippen molar-refractivity contribution in [2.75, 3.05) is 24.2 Å². The Morgan fingerprint density at radius 1 is 1.08 bits per heavy atom. The van der Waals surface area contributed by atoms with Gasteiger partial charge in [-0.2, -0.15) is 0 Å². The molecule has 0 fully saturated rings. The summed E-state index contributed by atoms with van der Waals surface area (Å²) in [5.74, 6) is 0.857. The van der Waals surface area contributed by atoms with Gasteiger partial charge in [0.2, 0.25) is 12.2 Å². The van der Waals surface area contributed by atoms with Gasteiger partial charge < -0.3 is 10.6 Å². The van der Waals surface area contributed by atoms with Crippen molar-refractivity contribution < 1.29 is 9.59 Å². The molecule has 137 valence electrons. The van der Waals surface area contributed by atoms with E-state index in [1.165, 1.54) is 0 Å². The highest BCUT2D eigenvalue weighted by Gasteiger charge is 2.02. The third-order valence-corrected chi connectivity index (χ3v) is 5.72. The molecule has 0 aliphatic rings. The summed E-state index contributed by atoms with van der Waals surface area (Å²) >= 11 is 0. The number of hydrogen-bond acceptors (Lipinski definition) is 6. The minimum absolute atomic E-state index is 0.0905. The van der Waals surface area contributed by atoms with Crippen LogP contribution in [-0.2, 0) is 9.59 Å². The highest BCUT2D eigenvalue weighted by Crippen LogP contribution is 2.29. The van der Waals surface area contributed by atoms with Crippen LogP contribution < -0.4 is 10.6 Å². The zero-order valence-electron chi connectivity index (χ0n) is 14.4. The van der Waals surface area contributed by atoms with Crippen LogP contribution in [0.25, 0.3) is 0 Å². The predicted molar refractivity (Wildman–Crippen MR) is 109 cm³/mol. The molecule has 1 aromatic carbocycles. The highest BCUT2D eigenvalue weighted by atomic mass is 33.1. The smallest absolute Gasteiger partial charge is 0.233 e. The van der Waals surface area contributed by atoms with E-state index in [1.807, 2.05) is 36.6 Å². The Bertz CT molecular complexity index is 666. The quantitative estimate of drug-likeness (QED) is 0.427. The van der Waals surface area contributed by atoms with Crippen molar-refractivity contribution in [2.45, 2.75) is 24.3 Å². The Balaban J connectivity index is 1.45. The Morgan fingerprint density at radius 3 is 2.62 bits per heavy atom. The lowest BCUT2D eigenvalue weighted by Gasteiger charge is -2.07. The van der Waals surface area contributed by atoms with Crippen molar-refractivity contribution in [2.24, 2.45) is 0 Å². The normalized spacial score (nSPS) is 10.3. The van der Waals surface area contributed by atoms with Crippen molar-refractivity contribution in [1.82, 2.24) is 10.3 Å². The Kier molecular flexibility index (Phi) is 9.67. The number of pyridine rings is 1. The average molecular weight is 389 g/mol. The topological polar surface area (TPSA) is 71.1 Å². The molecule has 0 saturated heterocycles. The summed E-state index contributed by atoms with van der Waals surface area (Å²) in [4.78, 5) is 26.5. The molecule has 1 radical (unpaired) electrons. The summed E-state index contributed by atoms with van der Waals surface area (Å²) in [5.41, 5.74) is 1.53. The van der Waals surface area contributed by atoms with Crippen molar-refractivity contribution >= 4 is 39.5 Å². The van der Waals surface area contributed by atoms with Gasteiger partial charge in [-0.15, -0.1) is 0 Å². The molecule has 2 N–H and O–H groups in total. The molecule has 0 unspecified atom stereocenters. The van der Waals surface area contributed by atoms with Gasteiger partial charge in [-0.3, -0.25) is 9.59 Å². The SMILES string of the molecule is O=[C]c1ccc(NCCCCNC(=O)CCSSc2ccccn2)cc1. The number of unbranched alkanes of at least 4 members (excludes halogenated alkanes) is 1. The van der Waals surface area contributed by atoms with E-state index in [2.05, 4.69) is 15.6 Å². The van der Waals surface area contributed by atoms with Crippen LogP contribution in [0.2, 0.25) is 0 Å². The maximum absolute atomic E-state index is 11.8. The number of hydrogen-bond donors (Lipinski definition) is 2. The van der Waals surface area contributed by atoms with Gasteiger partial charge in [0.25, 0.3) is 0 Å². The first kappa shape index (κ1) is 20.3. The summed E-state index contributed by atoms with van der Waals surface area (Å²) in [7, 11) is 3.24. The highest BCUT2D eigenvalue weighted by molar-refractivity contribution is 8.76. The van der Waals surface area contributed by atoms with Crippen LogP contribution in [0, 0.1) is 0 Å². The molecule has 5 nitrogen and oxygen atoms in total. The van der Waals surface area contributed by atoms with Crippen LogP contribution >= 0.6 is 21.6 Å². The molecule has 26 heavy (non-hydrogen) atoms. The van der Waals surface area contributed by atoms with Crippen LogP contribution in [0.5, 0.6) is 0 Å². The first-order chi connectivity index (χ1) is 12.8. The molecule has 0 aliphatic carbocycles. The standard InChI is InChI=1S/C19H22N3O2S2/c23-15-16-6-8-17(9-7-16)20-11-3-4-12-21-18(24)10-14-25-26-19-5-1-2-13-22-19/h1-2,5-9,13,20H,3-4,10-12,14H2,(H,21,24). The van der Waals surface area contributed by atoms with E-state index in [-0.39, 0.29) is 5.91 Å². The third kappa shape index (κ3) is 8.40. The zero-order valence-corrected chi connectivity index (χ0v) is 16.1. The van der Waals surface area contributed by atoms with Gasteiger partial charge in [-0.1, -0.05) is 16.9 Å². The molecule has 1 heterocycles. The Morgan fingerprint density at radius 2 is 1.88 bits per heavy atom. The summed E-state index contributed by atoms with van der Waals surface area (Å²) in [6.07, 6.45) is 6.02. The number of nitrogens with zero attached hydrogens (tertiary/aromatic N) is 1. The van der Waals surface area contributed by atoms with Crippen LogP contribution in [0.15, 0.2) is 53.7 Å². The van der Waals surface area contributed by atoms with Crippen LogP contribution in [0.4, 0.5) is 5.69 Å². The monoisotopic (exact) mass is 388 g/mol. The van der Waals surface area contributed by atoms with Crippen molar-refractivity contribution in [1.29, 1.82) is 0 Å². The summed E-state index contributed by atoms with van der Waals surface area (Å²) in [5, 5.41) is 7.20. The lowest BCUT2D eigenvalue weighted by atomic mass is 10.2. The first-order valence-electron chi connectivity index (χ1n) is 8.47. The van der Waals surface area contributed by atoms with Gasteiger partial charge in [-0.25, -0.2) is 4.98 Å². The molecule has 0 aliphatic heterocycles. The number of benzene rings is 1. The number of nitrogens with one attached hydrogen (secondary N) is 2. The fourth-order valence-electron chi connectivity index (χ4n) is 2.09. The predicted octanol–water partition coefficient (Wildman–Crippen LogP) is 3.68. The molecular weight excluding hydrogens is 366 g/mol. The lowest BCUT2D eigenvalue weighted by molar-refractivity contribution is -0.120. The zero-order chi connectivity index (χ0) is 18.5. The molecule has 0 bridgehead atoms. The van der Waals surface area contributed by atoms with E-state index in [9.17, 15) is 9.59 Å². The van der Waals surface area contributed by atoms with Crippen LogP contribution in [0.3, 0.4) is 0 Å². The molecule has 7 heteroatoms. The molecular formula is C19H22N3O2S2. The fourth-order valence-corrected chi connectivity index (χ4v) is 3.96. The van der Waals surface area contributed by atoms with Gasteiger partial charge >= 0.3 is 0 Å². The number of amides is 1. The summed E-state index contributed by atoms with van der Waals surface area (Å²) in [6, 6.07) is 13.0. The van der Waals surface area contributed by atoms with E-state index < -0.39 is 0 Å². The Labute approximate surface area is 162 Å². The van der Waals surface area contributed by atoms with E-state index in [0.29, 0.717) is 18.5 Å². The largest absolute Gasteiger partial charge is 0.385 e. The van der Waals surface area contributed by atoms with Crippen LogP contribution in [-0.4, -0.2) is 36.0 Å². The summed E-state index contributed by atoms with van der Waals surface area (Å²) in [6.45, 7) is 1.52. The maximum Gasteiger partial charge on any atom is 0.233 e. The third-order valence-electron chi connectivity index (χ3n) is 3.45. The molecule has 0 atom stereocenters. The second kappa shape index (κ2) is 12.4. The number of carbonyl (C=O) groups excluding carboxylic acids is 2. The molecule has 0 saturated carbocycles. The van der Waals surface area contributed by atoms with Crippen molar-refractivity contribution in [3.63, 3.8) is 0 Å². The van der Waals surface area contributed by atoms with Gasteiger partial charge in [0.15, 0.2) is 0 Å². The maximum atomic E-state index is 11.8. The van der Waals surface area contributed by atoms with Crippen molar-refractivity contribution in [3.05, 3.63) is 54.2 Å². The number of rotatable bonds is 12. The van der Waals surface area contributed by atoms with Crippen LogP contribution in [0.1, 0.15) is 24.8 Å². The number of carbonyl (C=O) groups is 1. The van der Waals surface area contributed by atoms with E-state index in [4.69, 9.17) is 0 Å². The lowest BCUT2D eigenvalue weighted by Crippen LogP contribution is -2.24. The van der Waals surface area contributed by atoms with Crippen molar-refractivity contribution in [3.8, 4) is 0 Å². The van der Waals surface area contributed by atoms with Gasteiger partial charge in [0.05, 0.1) is 0 Å². The Hall–Kier alpha value is -1.99. The van der Waals surface area contributed by atoms with E-state index >= 15 is 0 Å². The molecule has 2 rings (SSSR count). The minimum Gasteiger partial charge on any atom is -0.385 e. The molecule has 1 aromatic heterocycles. The van der Waals surface area contributed by atoms with Gasteiger partial charge in [-0.05, 0) is 60.0 Å². The number of anilines is 1. The van der Waals surface area contributed by atoms with Gasteiger partial charge in [0, 0.05) is 42.7 Å². The van der Waals surface area contributed by atoms with E-state index in [1.54, 1.807) is 39.9 Å². The molecule has 1 amide bonds. The second-order valence-corrected chi connectivity index (χ2v) is 7.92.